The second-order valence-corrected chi connectivity index (χ2v) is 8.44. The Morgan fingerprint density at radius 1 is 1.09 bits per heavy atom. The van der Waals surface area contributed by atoms with E-state index in [0.717, 1.165) is 11.6 Å². The highest BCUT2D eigenvalue weighted by molar-refractivity contribution is 6.33. The second kappa shape index (κ2) is 8.67. The van der Waals surface area contributed by atoms with E-state index in [1.165, 1.54) is 13.0 Å². The van der Waals surface area contributed by atoms with Gasteiger partial charge in [-0.25, -0.2) is 9.97 Å². The number of para-hydroxylation sites is 1. The molecule has 1 amide bonds. The lowest BCUT2D eigenvalue weighted by atomic mass is 9.97. The number of nitrogens with one attached hydrogen (secondary N) is 1. The van der Waals surface area contributed by atoms with E-state index in [0.29, 0.717) is 33.6 Å². The molecule has 0 spiro atoms. The van der Waals surface area contributed by atoms with Crippen molar-refractivity contribution in [2.24, 2.45) is 0 Å². The van der Waals surface area contributed by atoms with Crippen molar-refractivity contribution in [2.45, 2.75) is 46.0 Å². The number of fused-ring (bicyclic) bond motifs is 1. The highest BCUT2D eigenvalue weighted by Crippen LogP contribution is 2.36. The van der Waals surface area contributed by atoms with Gasteiger partial charge in [-0.05, 0) is 50.1 Å². The van der Waals surface area contributed by atoms with Crippen LogP contribution in [0.25, 0.3) is 0 Å². The van der Waals surface area contributed by atoms with Gasteiger partial charge in [-0.1, -0.05) is 35.9 Å². The molecule has 5 nitrogen and oxygen atoms in total. The average Bonchev–Trinajstić information content (AvgIpc) is 2.73. The summed E-state index contributed by atoms with van der Waals surface area (Å²) >= 11 is 6.32. The largest absolute Gasteiger partial charge is 0.416 e. The van der Waals surface area contributed by atoms with Crippen LogP contribution in [0.15, 0.2) is 42.5 Å². The third-order valence-corrected chi connectivity index (χ3v) is 6.10. The summed E-state index contributed by atoms with van der Waals surface area (Å²) in [7, 11) is 0. The minimum Gasteiger partial charge on any atom is -0.363 e. The number of hydrogen-bond acceptors (Lipinski definition) is 4. The van der Waals surface area contributed by atoms with Gasteiger partial charge in [-0.3, -0.25) is 4.79 Å². The molecular formula is C24H22ClF3N4O. The predicted molar refractivity (Wildman–Crippen MR) is 121 cm³/mol. The van der Waals surface area contributed by atoms with Crippen LogP contribution >= 0.6 is 11.6 Å². The molecule has 3 aromatic rings. The quantitative estimate of drug-likeness (QED) is 0.501. The van der Waals surface area contributed by atoms with Gasteiger partial charge in [0.25, 0.3) is 0 Å². The first-order chi connectivity index (χ1) is 15.6. The van der Waals surface area contributed by atoms with E-state index < -0.39 is 17.8 Å². The number of halogens is 4. The Bertz CT molecular complexity index is 1230. The minimum absolute atomic E-state index is 0.0789. The number of aryl methyl sites for hydroxylation is 1. The van der Waals surface area contributed by atoms with Gasteiger partial charge in [0.05, 0.1) is 41.0 Å². The number of carbonyl (C=O) groups is 1. The number of hydrogen-bond donors (Lipinski definition) is 1. The number of nitrogens with zero attached hydrogens (tertiary/aromatic N) is 3. The third-order valence-electron chi connectivity index (χ3n) is 5.78. The lowest BCUT2D eigenvalue weighted by molar-refractivity contribution is -0.138. The molecule has 0 unspecified atom stereocenters. The van der Waals surface area contributed by atoms with Gasteiger partial charge in [-0.2, -0.15) is 13.2 Å². The molecule has 1 aliphatic heterocycles. The molecule has 1 aliphatic rings. The number of rotatable bonds is 4. The van der Waals surface area contributed by atoms with Gasteiger partial charge in [-0.15, -0.1) is 0 Å². The standard InChI is InChI=1S/C24H22ClF3N4O/c1-13-16(7-6-8-18(13)24(26,27)28)14(2)29-23-17-12-32(21-10-5-4-9-19(21)25)22(33)11-20(17)30-15(3)31-23/h4-10,14H,11-12H2,1-3H3,(H,29,30,31)/t14-/m1/s1. The number of alkyl halides is 3. The van der Waals surface area contributed by atoms with Gasteiger partial charge in [0.15, 0.2) is 0 Å². The molecule has 4 rings (SSSR count). The molecule has 9 heteroatoms. The van der Waals surface area contributed by atoms with Crippen LogP contribution in [0.5, 0.6) is 0 Å². The van der Waals surface area contributed by atoms with Crippen LogP contribution in [0.3, 0.4) is 0 Å². The van der Waals surface area contributed by atoms with Gasteiger partial charge >= 0.3 is 6.18 Å². The molecule has 1 aromatic heterocycles. The Hall–Kier alpha value is -3.13. The Morgan fingerprint density at radius 3 is 2.52 bits per heavy atom. The van der Waals surface area contributed by atoms with Crippen molar-refractivity contribution in [1.82, 2.24) is 9.97 Å². The zero-order chi connectivity index (χ0) is 23.9. The molecule has 2 heterocycles. The molecule has 172 valence electrons. The molecule has 1 atom stereocenters. The van der Waals surface area contributed by atoms with Crippen LogP contribution in [-0.2, 0) is 23.9 Å². The van der Waals surface area contributed by atoms with Crippen LogP contribution in [-0.4, -0.2) is 15.9 Å². The van der Waals surface area contributed by atoms with Gasteiger partial charge in [0, 0.05) is 5.56 Å². The molecule has 0 aliphatic carbocycles. The average molecular weight is 475 g/mol. The van der Waals surface area contributed by atoms with Crippen molar-refractivity contribution in [3.63, 3.8) is 0 Å². The summed E-state index contributed by atoms with van der Waals surface area (Å²) in [5.41, 5.74) is 1.93. The zero-order valence-electron chi connectivity index (χ0n) is 18.3. The third kappa shape index (κ3) is 4.53. The second-order valence-electron chi connectivity index (χ2n) is 8.04. The minimum atomic E-state index is -4.43. The van der Waals surface area contributed by atoms with Crippen molar-refractivity contribution in [3.8, 4) is 0 Å². The summed E-state index contributed by atoms with van der Waals surface area (Å²) in [6.07, 6.45) is -4.35. The number of carbonyl (C=O) groups excluding carboxylic acids is 1. The number of amides is 1. The molecule has 33 heavy (non-hydrogen) atoms. The van der Waals surface area contributed by atoms with Gasteiger partial charge < -0.3 is 10.2 Å². The topological polar surface area (TPSA) is 58.1 Å². The maximum absolute atomic E-state index is 13.4. The first-order valence-electron chi connectivity index (χ1n) is 10.4. The zero-order valence-corrected chi connectivity index (χ0v) is 19.1. The van der Waals surface area contributed by atoms with Gasteiger partial charge in [0.2, 0.25) is 5.91 Å². The maximum Gasteiger partial charge on any atom is 0.416 e. The smallest absolute Gasteiger partial charge is 0.363 e. The maximum atomic E-state index is 13.4. The van der Waals surface area contributed by atoms with Crippen molar-refractivity contribution >= 4 is 29.0 Å². The first kappa shape index (κ1) is 23.0. The highest BCUT2D eigenvalue weighted by atomic mass is 35.5. The summed E-state index contributed by atoms with van der Waals surface area (Å²) in [6, 6.07) is 10.8. The first-order valence-corrected chi connectivity index (χ1v) is 10.8. The van der Waals surface area contributed by atoms with Crippen molar-refractivity contribution in [3.05, 3.63) is 81.3 Å². The Labute approximate surface area is 194 Å². The van der Waals surface area contributed by atoms with Crippen LogP contribution in [0.1, 0.15) is 46.7 Å². The van der Waals surface area contributed by atoms with E-state index in [4.69, 9.17) is 11.6 Å². The van der Waals surface area contributed by atoms with Crippen LogP contribution in [0.2, 0.25) is 5.02 Å². The fourth-order valence-electron chi connectivity index (χ4n) is 4.17. The SMILES string of the molecule is Cc1nc2c(c(N[C@H](C)c3cccc(C(F)(F)F)c3C)n1)CN(c1ccccc1Cl)C(=O)C2. The molecule has 1 N–H and O–H groups in total. The van der Waals surface area contributed by atoms with Crippen LogP contribution in [0, 0.1) is 13.8 Å². The Balaban J connectivity index is 1.70. The molecule has 2 aromatic carbocycles. The summed E-state index contributed by atoms with van der Waals surface area (Å²) in [5, 5.41) is 3.71. The summed E-state index contributed by atoms with van der Waals surface area (Å²) in [5.74, 6) is 0.830. The van der Waals surface area contributed by atoms with E-state index in [1.54, 1.807) is 49.1 Å². The van der Waals surface area contributed by atoms with Crippen molar-refractivity contribution < 1.29 is 18.0 Å². The van der Waals surface area contributed by atoms with Crippen molar-refractivity contribution in [1.29, 1.82) is 0 Å². The molecule has 0 saturated carbocycles. The summed E-state index contributed by atoms with van der Waals surface area (Å²) in [4.78, 5) is 23.4. The fraction of sp³-hybridized carbons (Fsp3) is 0.292. The number of anilines is 2. The molecular weight excluding hydrogens is 453 g/mol. The molecule has 0 bridgehead atoms. The van der Waals surface area contributed by atoms with E-state index in [2.05, 4.69) is 15.3 Å². The van der Waals surface area contributed by atoms with E-state index in [-0.39, 0.29) is 24.4 Å². The lowest BCUT2D eigenvalue weighted by Crippen LogP contribution is -2.37. The monoisotopic (exact) mass is 474 g/mol. The van der Waals surface area contributed by atoms with E-state index >= 15 is 0 Å². The van der Waals surface area contributed by atoms with E-state index in [1.807, 2.05) is 0 Å². The van der Waals surface area contributed by atoms with Gasteiger partial charge in [0.1, 0.15) is 11.6 Å². The Morgan fingerprint density at radius 2 is 1.82 bits per heavy atom. The van der Waals surface area contributed by atoms with Crippen LogP contribution in [0.4, 0.5) is 24.7 Å². The summed E-state index contributed by atoms with van der Waals surface area (Å²) < 4.78 is 40.1. The van der Waals surface area contributed by atoms with Crippen LogP contribution < -0.4 is 10.2 Å². The molecule has 0 saturated heterocycles. The molecule has 0 radical (unpaired) electrons. The predicted octanol–water partition coefficient (Wildman–Crippen LogP) is 6.03. The summed E-state index contributed by atoms with van der Waals surface area (Å²) in [6.45, 7) is 5.17. The normalized spacial score (nSPS) is 14.8. The highest BCUT2D eigenvalue weighted by Gasteiger charge is 2.34. The fourth-order valence-corrected chi connectivity index (χ4v) is 4.41. The number of aromatic nitrogens is 2. The van der Waals surface area contributed by atoms with Crippen molar-refractivity contribution in [2.75, 3.05) is 10.2 Å². The lowest BCUT2D eigenvalue weighted by Gasteiger charge is -2.31. The number of benzene rings is 2. The van der Waals surface area contributed by atoms with E-state index in [9.17, 15) is 18.0 Å². The Kier molecular flexibility index (Phi) is 6.05. The molecule has 0 fully saturated rings.